The van der Waals surface area contributed by atoms with Gasteiger partial charge < -0.3 is 9.47 Å². The molecule has 0 radical (unpaired) electrons. The Bertz CT molecular complexity index is 536. The molecule has 2 rings (SSSR count). The first-order chi connectivity index (χ1) is 8.84. The molecular weight excluding hydrogens is 228 g/mol. The Morgan fingerprint density at radius 1 is 1.11 bits per heavy atom. The summed E-state index contributed by atoms with van der Waals surface area (Å²) < 4.78 is 10.1. The molecule has 3 heteroatoms. The van der Waals surface area contributed by atoms with Crippen LogP contribution in [-0.4, -0.2) is 6.16 Å². The van der Waals surface area contributed by atoms with Gasteiger partial charge in [-0.2, -0.15) is 0 Å². The summed E-state index contributed by atoms with van der Waals surface area (Å²) in [7, 11) is 0. The van der Waals surface area contributed by atoms with Gasteiger partial charge in [-0.25, -0.2) is 4.79 Å². The normalized spacial score (nSPS) is 16.7. The fourth-order valence-corrected chi connectivity index (χ4v) is 1.35. The van der Waals surface area contributed by atoms with Crippen LogP contribution in [0.3, 0.4) is 0 Å². The van der Waals surface area contributed by atoms with Crippen LogP contribution >= 0.6 is 0 Å². The topological polar surface area (TPSA) is 35.5 Å². The molecule has 0 fully saturated rings. The number of allylic oxidation sites excluding steroid dienone is 9. The average molecular weight is 240 g/mol. The molecule has 0 aromatic heterocycles. The molecule has 0 atom stereocenters. The van der Waals surface area contributed by atoms with Gasteiger partial charge in [0.1, 0.15) is 11.5 Å². The maximum absolute atomic E-state index is 11.5. The minimum atomic E-state index is -0.757. The predicted octanol–water partition coefficient (Wildman–Crippen LogP) is 3.70. The van der Waals surface area contributed by atoms with Gasteiger partial charge >= 0.3 is 6.16 Å². The Morgan fingerprint density at radius 2 is 2.00 bits per heavy atom. The van der Waals surface area contributed by atoms with Gasteiger partial charge in [0.25, 0.3) is 0 Å². The largest absolute Gasteiger partial charge is 0.519 e. The van der Waals surface area contributed by atoms with E-state index in [1.54, 1.807) is 42.5 Å². The highest BCUT2D eigenvalue weighted by atomic mass is 16.7. The lowest BCUT2D eigenvalue weighted by Crippen LogP contribution is -2.05. The van der Waals surface area contributed by atoms with Crippen LogP contribution < -0.4 is 0 Å². The van der Waals surface area contributed by atoms with Crippen LogP contribution in [0, 0.1) is 0 Å². The van der Waals surface area contributed by atoms with E-state index in [-0.39, 0.29) is 0 Å². The summed E-state index contributed by atoms with van der Waals surface area (Å²) in [6, 6.07) is 0. The van der Waals surface area contributed by atoms with Gasteiger partial charge in [0.15, 0.2) is 0 Å². The fourth-order valence-electron chi connectivity index (χ4n) is 1.35. The van der Waals surface area contributed by atoms with Crippen LogP contribution in [0.5, 0.6) is 0 Å². The Hall–Kier alpha value is -2.51. The molecule has 0 amide bonds. The second-order valence-corrected chi connectivity index (χ2v) is 3.52. The van der Waals surface area contributed by atoms with E-state index in [9.17, 15) is 4.79 Å². The molecule has 0 heterocycles. The van der Waals surface area contributed by atoms with Crippen molar-refractivity contribution in [1.82, 2.24) is 0 Å². The predicted molar refractivity (Wildman–Crippen MR) is 68.4 cm³/mol. The van der Waals surface area contributed by atoms with Crippen LogP contribution in [0.25, 0.3) is 0 Å². The van der Waals surface area contributed by atoms with Crippen LogP contribution in [-0.2, 0) is 9.47 Å². The number of hydrogen-bond donors (Lipinski definition) is 0. The maximum atomic E-state index is 11.5. The van der Waals surface area contributed by atoms with Gasteiger partial charge in [0.2, 0.25) is 0 Å². The van der Waals surface area contributed by atoms with Gasteiger partial charge in [0.05, 0.1) is 0 Å². The molecule has 0 N–H and O–H groups in total. The molecule has 0 unspecified atom stereocenters. The van der Waals surface area contributed by atoms with E-state index in [1.165, 1.54) is 0 Å². The standard InChI is InChI=1S/C15H12O3/c16-15(17-13-9-5-1-2-6-10-13)18-14-11-7-3-4-8-12-14/h1-5,7,9-12H,6H2. The Morgan fingerprint density at radius 3 is 2.94 bits per heavy atom. The van der Waals surface area contributed by atoms with Gasteiger partial charge in [-0.15, -0.1) is 5.73 Å². The van der Waals surface area contributed by atoms with Crippen molar-refractivity contribution < 1.29 is 14.3 Å². The smallest absolute Gasteiger partial charge is 0.395 e. The highest BCUT2D eigenvalue weighted by molar-refractivity contribution is 5.64. The van der Waals surface area contributed by atoms with E-state index >= 15 is 0 Å². The van der Waals surface area contributed by atoms with Crippen molar-refractivity contribution in [2.24, 2.45) is 0 Å². The number of hydrogen-bond acceptors (Lipinski definition) is 3. The Balaban J connectivity index is 1.93. The lowest BCUT2D eigenvalue weighted by molar-refractivity contribution is 0.107. The van der Waals surface area contributed by atoms with E-state index in [2.05, 4.69) is 5.73 Å². The first-order valence-electron chi connectivity index (χ1n) is 5.57. The summed E-state index contributed by atoms with van der Waals surface area (Å²) >= 11 is 0. The van der Waals surface area contributed by atoms with Crippen molar-refractivity contribution in [2.75, 3.05) is 0 Å². The van der Waals surface area contributed by atoms with Crippen molar-refractivity contribution in [2.45, 2.75) is 6.42 Å². The number of carbonyl (C=O) groups is 1. The molecule has 0 saturated heterocycles. The molecule has 0 aliphatic heterocycles. The lowest BCUT2D eigenvalue weighted by Gasteiger charge is -2.05. The molecule has 0 saturated carbocycles. The molecule has 2 aliphatic carbocycles. The zero-order valence-electron chi connectivity index (χ0n) is 9.71. The van der Waals surface area contributed by atoms with E-state index in [1.807, 2.05) is 18.2 Å². The van der Waals surface area contributed by atoms with Crippen LogP contribution in [0.1, 0.15) is 6.42 Å². The highest BCUT2D eigenvalue weighted by Crippen LogP contribution is 2.10. The molecule has 2 aliphatic rings. The Kier molecular flexibility index (Phi) is 4.17. The third-order valence-electron chi connectivity index (χ3n) is 2.15. The number of rotatable bonds is 2. The number of ether oxygens (including phenoxy) is 2. The molecule has 0 aromatic rings. The second-order valence-electron chi connectivity index (χ2n) is 3.52. The van der Waals surface area contributed by atoms with Crippen molar-refractivity contribution in [1.29, 1.82) is 0 Å². The minimum Gasteiger partial charge on any atom is -0.395 e. The lowest BCUT2D eigenvalue weighted by atomic mass is 10.3. The summed E-state index contributed by atoms with van der Waals surface area (Å²) in [4.78, 5) is 11.5. The molecule has 90 valence electrons. The Labute approximate surface area is 105 Å². The zero-order chi connectivity index (χ0) is 12.6. The van der Waals surface area contributed by atoms with Crippen LogP contribution in [0.15, 0.2) is 78.0 Å². The van der Waals surface area contributed by atoms with Crippen molar-refractivity contribution in [3.63, 3.8) is 0 Å². The third-order valence-corrected chi connectivity index (χ3v) is 2.15. The molecule has 0 spiro atoms. The highest BCUT2D eigenvalue weighted by Gasteiger charge is 2.09. The summed E-state index contributed by atoms with van der Waals surface area (Å²) in [6.45, 7) is 0. The van der Waals surface area contributed by atoms with Crippen LogP contribution in [0.2, 0.25) is 0 Å². The molecular formula is C15H12O3. The van der Waals surface area contributed by atoms with E-state index in [0.29, 0.717) is 11.5 Å². The summed E-state index contributed by atoms with van der Waals surface area (Å²) in [5.74, 6) is 0.871. The average Bonchev–Trinajstić information content (AvgIpc) is 2.74. The monoisotopic (exact) mass is 240 g/mol. The minimum absolute atomic E-state index is 0.390. The first kappa shape index (κ1) is 12.0. The van der Waals surface area contributed by atoms with E-state index in [0.717, 1.165) is 6.42 Å². The van der Waals surface area contributed by atoms with Gasteiger partial charge in [-0.1, -0.05) is 30.4 Å². The molecule has 0 aromatic carbocycles. The quantitative estimate of drug-likeness (QED) is 0.545. The number of carbonyl (C=O) groups excluding carboxylic acids is 1. The van der Waals surface area contributed by atoms with E-state index in [4.69, 9.17) is 9.47 Å². The maximum Gasteiger partial charge on any atom is 0.519 e. The van der Waals surface area contributed by atoms with Gasteiger partial charge in [0, 0.05) is 6.08 Å². The first-order valence-corrected chi connectivity index (χ1v) is 5.57. The molecule has 3 nitrogen and oxygen atoms in total. The zero-order valence-corrected chi connectivity index (χ0v) is 9.71. The van der Waals surface area contributed by atoms with Crippen molar-refractivity contribution in [3.05, 3.63) is 78.0 Å². The SMILES string of the molecule is O=C(OC1=CC=CC=C=C1)OC1=CCC=CC=C1. The van der Waals surface area contributed by atoms with Crippen LogP contribution in [0.4, 0.5) is 4.79 Å². The third kappa shape index (κ3) is 3.81. The molecule has 18 heavy (non-hydrogen) atoms. The summed E-state index contributed by atoms with van der Waals surface area (Å²) in [5, 5.41) is 0. The van der Waals surface area contributed by atoms with Gasteiger partial charge in [-0.05, 0) is 30.7 Å². The van der Waals surface area contributed by atoms with Crippen molar-refractivity contribution in [3.8, 4) is 0 Å². The fraction of sp³-hybridized carbons (Fsp3) is 0.0667. The van der Waals surface area contributed by atoms with Crippen molar-refractivity contribution >= 4 is 6.16 Å². The molecule has 0 bridgehead atoms. The second kappa shape index (κ2) is 6.28. The van der Waals surface area contributed by atoms with Gasteiger partial charge in [-0.3, -0.25) is 0 Å². The van der Waals surface area contributed by atoms with E-state index < -0.39 is 6.16 Å². The summed E-state index contributed by atoms with van der Waals surface area (Å²) in [5.41, 5.74) is 2.84. The summed E-state index contributed by atoms with van der Waals surface area (Å²) in [6.07, 6.45) is 17.7.